The van der Waals surface area contributed by atoms with Crippen LogP contribution < -0.4 is 0 Å². The molecule has 42 valence electrons. The van der Waals surface area contributed by atoms with Crippen LogP contribution in [-0.2, 0) is 0 Å². The fourth-order valence-electron chi connectivity index (χ4n) is 0.757. The van der Waals surface area contributed by atoms with E-state index < -0.39 is 0 Å². The van der Waals surface area contributed by atoms with E-state index in [1.54, 1.807) is 12.3 Å². The molecule has 0 amide bonds. The minimum absolute atomic E-state index is 0.588. The van der Waals surface area contributed by atoms with Crippen LogP contribution >= 0.6 is 7.92 Å². The van der Waals surface area contributed by atoms with Crippen LogP contribution in [0.5, 0.6) is 0 Å². The van der Waals surface area contributed by atoms with Crippen molar-refractivity contribution in [2.45, 2.75) is 25.9 Å². The number of hydrogen-bond donors (Lipinski definition) is 0. The Kier molecular flexibility index (Phi) is 1.69. The molecule has 1 rings (SSSR count). The summed E-state index contributed by atoms with van der Waals surface area (Å²) in [5.74, 6) is 0. The summed E-state index contributed by atoms with van der Waals surface area (Å²) in [6, 6.07) is 0. The van der Waals surface area contributed by atoms with E-state index in [0.717, 1.165) is 5.66 Å². The average Bonchev–Trinajstić information content (AvgIpc) is 2.44. The summed E-state index contributed by atoms with van der Waals surface area (Å²) >= 11 is 0. The van der Waals surface area contributed by atoms with Crippen molar-refractivity contribution in [3.63, 3.8) is 0 Å². The Balaban J connectivity index is 2.10. The standard InChI is InChI=1S/C6H13P/c1-3-6(2)7-4-5-7/h6H,3-5H2,1-2H3. The van der Waals surface area contributed by atoms with Crippen LogP contribution in [0.4, 0.5) is 0 Å². The zero-order chi connectivity index (χ0) is 5.28. The summed E-state index contributed by atoms with van der Waals surface area (Å²) < 4.78 is 0. The number of hydrogen-bond acceptors (Lipinski definition) is 0. The predicted molar refractivity (Wildman–Crippen MR) is 36.4 cm³/mol. The third kappa shape index (κ3) is 1.42. The summed E-state index contributed by atoms with van der Waals surface area (Å²) in [5, 5.41) is 0. The van der Waals surface area contributed by atoms with Gasteiger partial charge in [-0.2, -0.15) is 0 Å². The topological polar surface area (TPSA) is 0 Å². The van der Waals surface area contributed by atoms with Crippen LogP contribution in [0.25, 0.3) is 0 Å². The van der Waals surface area contributed by atoms with Crippen molar-refractivity contribution in [2.24, 2.45) is 0 Å². The van der Waals surface area contributed by atoms with Crippen molar-refractivity contribution < 1.29 is 0 Å². The maximum absolute atomic E-state index is 2.39. The molecular weight excluding hydrogens is 103 g/mol. The molecule has 1 heteroatoms. The highest BCUT2D eigenvalue weighted by atomic mass is 31.1. The van der Waals surface area contributed by atoms with Gasteiger partial charge >= 0.3 is 0 Å². The summed E-state index contributed by atoms with van der Waals surface area (Å²) in [6.45, 7) is 4.68. The average molecular weight is 116 g/mol. The van der Waals surface area contributed by atoms with E-state index >= 15 is 0 Å². The Bertz CT molecular complexity index is 57.2. The van der Waals surface area contributed by atoms with Crippen molar-refractivity contribution in [1.82, 2.24) is 0 Å². The van der Waals surface area contributed by atoms with E-state index in [1.807, 2.05) is 0 Å². The van der Waals surface area contributed by atoms with Gasteiger partial charge in [-0.25, -0.2) is 0 Å². The molecule has 1 heterocycles. The molecule has 0 bridgehead atoms. The molecule has 0 nitrogen and oxygen atoms in total. The van der Waals surface area contributed by atoms with Gasteiger partial charge in [0.2, 0.25) is 0 Å². The molecule has 1 atom stereocenters. The minimum Gasteiger partial charge on any atom is -0.103 e. The lowest BCUT2D eigenvalue weighted by Gasteiger charge is -2.02. The molecule has 0 N–H and O–H groups in total. The summed E-state index contributed by atoms with van der Waals surface area (Å²) in [6.07, 6.45) is 4.56. The van der Waals surface area contributed by atoms with Crippen LogP contribution in [0.15, 0.2) is 0 Å². The molecule has 0 spiro atoms. The van der Waals surface area contributed by atoms with Crippen molar-refractivity contribution in [1.29, 1.82) is 0 Å². The predicted octanol–water partition coefficient (Wildman–Crippen LogP) is 2.28. The van der Waals surface area contributed by atoms with Crippen molar-refractivity contribution in [3.8, 4) is 0 Å². The van der Waals surface area contributed by atoms with Gasteiger partial charge in [-0.3, -0.25) is 0 Å². The van der Waals surface area contributed by atoms with E-state index in [4.69, 9.17) is 0 Å². The van der Waals surface area contributed by atoms with E-state index in [-0.39, 0.29) is 0 Å². The van der Waals surface area contributed by atoms with Crippen molar-refractivity contribution >= 4 is 7.92 Å². The highest BCUT2D eigenvalue weighted by molar-refractivity contribution is 7.65. The first-order valence-corrected chi connectivity index (χ1v) is 4.86. The van der Waals surface area contributed by atoms with E-state index in [2.05, 4.69) is 13.8 Å². The van der Waals surface area contributed by atoms with Gasteiger partial charge < -0.3 is 0 Å². The van der Waals surface area contributed by atoms with Gasteiger partial charge in [0, 0.05) is 0 Å². The second-order valence-electron chi connectivity index (χ2n) is 2.29. The van der Waals surface area contributed by atoms with Gasteiger partial charge in [0.15, 0.2) is 0 Å². The molecular formula is C6H13P. The van der Waals surface area contributed by atoms with Crippen LogP contribution in [-0.4, -0.2) is 18.0 Å². The normalized spacial score (nSPS) is 24.9. The summed E-state index contributed by atoms with van der Waals surface area (Å²) in [5.41, 5.74) is 1.08. The Morgan fingerprint density at radius 3 is 2.29 bits per heavy atom. The fourth-order valence-corrected chi connectivity index (χ4v) is 2.62. The van der Waals surface area contributed by atoms with Crippen LogP contribution in [0, 0.1) is 0 Å². The quantitative estimate of drug-likeness (QED) is 0.485. The first-order chi connectivity index (χ1) is 3.34. The molecule has 0 aliphatic carbocycles. The van der Waals surface area contributed by atoms with Crippen LogP contribution in [0.1, 0.15) is 20.3 Å². The molecule has 1 aliphatic rings. The smallest absolute Gasteiger partial charge is 0.0240 e. The third-order valence-electron chi connectivity index (χ3n) is 1.70. The fraction of sp³-hybridized carbons (Fsp3) is 1.00. The molecule has 1 unspecified atom stereocenters. The van der Waals surface area contributed by atoms with Crippen LogP contribution in [0.2, 0.25) is 0 Å². The van der Waals surface area contributed by atoms with Gasteiger partial charge in [-0.05, 0) is 24.4 Å². The minimum atomic E-state index is 0.588. The second-order valence-corrected chi connectivity index (χ2v) is 5.25. The van der Waals surface area contributed by atoms with Crippen molar-refractivity contribution in [2.75, 3.05) is 12.3 Å². The van der Waals surface area contributed by atoms with E-state index in [1.165, 1.54) is 6.42 Å². The first-order valence-electron chi connectivity index (χ1n) is 3.08. The van der Waals surface area contributed by atoms with Gasteiger partial charge in [-0.15, -0.1) is 7.92 Å². The molecule has 0 saturated carbocycles. The molecule has 1 aliphatic heterocycles. The summed E-state index contributed by atoms with van der Waals surface area (Å²) in [4.78, 5) is 0. The van der Waals surface area contributed by atoms with E-state index in [0.29, 0.717) is 7.92 Å². The van der Waals surface area contributed by atoms with E-state index in [9.17, 15) is 0 Å². The lowest BCUT2D eigenvalue weighted by Crippen LogP contribution is -1.87. The zero-order valence-electron chi connectivity index (χ0n) is 5.15. The highest BCUT2D eigenvalue weighted by Gasteiger charge is 2.25. The maximum atomic E-state index is 2.39. The molecule has 7 heavy (non-hydrogen) atoms. The maximum Gasteiger partial charge on any atom is -0.0240 e. The lowest BCUT2D eigenvalue weighted by molar-refractivity contribution is 0.900. The monoisotopic (exact) mass is 116 g/mol. The number of rotatable bonds is 2. The van der Waals surface area contributed by atoms with Crippen LogP contribution in [0.3, 0.4) is 0 Å². The Morgan fingerprint density at radius 2 is 2.14 bits per heavy atom. The van der Waals surface area contributed by atoms with Gasteiger partial charge in [0.05, 0.1) is 0 Å². The molecule has 0 aromatic carbocycles. The Morgan fingerprint density at radius 1 is 1.57 bits per heavy atom. The van der Waals surface area contributed by atoms with Gasteiger partial charge in [0.25, 0.3) is 0 Å². The Labute approximate surface area is 47.1 Å². The lowest BCUT2D eigenvalue weighted by atomic mass is 10.4. The summed E-state index contributed by atoms with van der Waals surface area (Å²) in [7, 11) is 0.588. The SMILES string of the molecule is CCC(C)P1CC1. The third-order valence-corrected chi connectivity index (χ3v) is 4.27. The van der Waals surface area contributed by atoms with Crippen molar-refractivity contribution in [3.05, 3.63) is 0 Å². The Hall–Kier alpha value is 0.430. The first kappa shape index (κ1) is 5.56. The molecule has 0 aromatic rings. The molecule has 1 saturated heterocycles. The largest absolute Gasteiger partial charge is 0.103 e. The molecule has 1 fully saturated rings. The van der Waals surface area contributed by atoms with Gasteiger partial charge in [-0.1, -0.05) is 13.8 Å². The highest BCUT2D eigenvalue weighted by Crippen LogP contribution is 2.55. The second kappa shape index (κ2) is 2.13. The zero-order valence-corrected chi connectivity index (χ0v) is 6.04. The molecule has 0 aromatic heterocycles. The van der Waals surface area contributed by atoms with Gasteiger partial charge in [0.1, 0.15) is 0 Å². The molecule has 0 radical (unpaired) electrons.